The van der Waals surface area contributed by atoms with Gasteiger partial charge in [0.25, 0.3) is 0 Å². The van der Waals surface area contributed by atoms with Crippen molar-refractivity contribution in [1.29, 1.82) is 0 Å². The molecule has 0 aromatic carbocycles. The third kappa shape index (κ3) is 2.50. The van der Waals surface area contributed by atoms with Gasteiger partial charge in [-0.25, -0.2) is 4.68 Å². The summed E-state index contributed by atoms with van der Waals surface area (Å²) in [5.41, 5.74) is 0. The van der Waals surface area contributed by atoms with E-state index in [9.17, 15) is 0 Å². The number of hydrogen-bond acceptors (Lipinski definition) is 4. The summed E-state index contributed by atoms with van der Waals surface area (Å²) in [6.07, 6.45) is 8.54. The van der Waals surface area contributed by atoms with E-state index in [4.69, 9.17) is 4.74 Å². The molecule has 2 saturated heterocycles. The molecule has 0 spiro atoms. The van der Waals surface area contributed by atoms with Crippen LogP contribution in [0.1, 0.15) is 31.7 Å². The third-order valence-corrected chi connectivity index (χ3v) is 4.02. The molecule has 0 radical (unpaired) electrons. The summed E-state index contributed by atoms with van der Waals surface area (Å²) in [6.45, 7) is 4.26. The van der Waals surface area contributed by atoms with Crippen LogP contribution in [0.3, 0.4) is 0 Å². The lowest BCUT2D eigenvalue weighted by Gasteiger charge is -2.39. The number of nitrogens with zero attached hydrogens (tertiary/aromatic N) is 4. The van der Waals surface area contributed by atoms with Crippen molar-refractivity contribution in [3.05, 3.63) is 12.4 Å². The molecule has 94 valence electrons. The lowest BCUT2D eigenvalue weighted by molar-refractivity contribution is 0.0211. The summed E-state index contributed by atoms with van der Waals surface area (Å²) in [7, 11) is 0. The van der Waals surface area contributed by atoms with E-state index in [1.165, 1.54) is 38.8 Å². The first-order valence-electron chi connectivity index (χ1n) is 6.61. The Morgan fingerprint density at radius 2 is 1.76 bits per heavy atom. The lowest BCUT2D eigenvalue weighted by atomic mass is 10.00. The molecule has 2 aliphatic heterocycles. The number of hydrogen-bond donors (Lipinski definition) is 0. The van der Waals surface area contributed by atoms with Crippen molar-refractivity contribution in [1.82, 2.24) is 19.9 Å². The normalized spacial score (nSPS) is 25.2. The molecule has 2 fully saturated rings. The maximum Gasteiger partial charge on any atom is 0.0693 e. The standard InChI is InChI=1S/C12H20N4O/c1-6-15(11-3-9-17-10-4-11)7-2-12(1)16-8-5-13-14-16/h5,8,11-12H,1-4,6-7,9-10H2. The SMILES string of the molecule is c1cn(C2CCN(C3CCOCC3)CC2)nn1. The molecule has 17 heavy (non-hydrogen) atoms. The van der Waals surface area contributed by atoms with Crippen molar-refractivity contribution in [2.24, 2.45) is 0 Å². The highest BCUT2D eigenvalue weighted by atomic mass is 16.5. The van der Waals surface area contributed by atoms with E-state index in [0.717, 1.165) is 19.3 Å². The molecular weight excluding hydrogens is 216 g/mol. The summed E-state index contributed by atoms with van der Waals surface area (Å²) in [6, 6.07) is 1.30. The first-order chi connectivity index (χ1) is 8.43. The van der Waals surface area contributed by atoms with E-state index in [1.54, 1.807) is 6.20 Å². The van der Waals surface area contributed by atoms with Crippen molar-refractivity contribution in [3.63, 3.8) is 0 Å². The number of rotatable bonds is 2. The minimum absolute atomic E-state index is 0.550. The summed E-state index contributed by atoms with van der Waals surface area (Å²) in [5.74, 6) is 0. The van der Waals surface area contributed by atoms with E-state index >= 15 is 0 Å². The molecule has 0 unspecified atom stereocenters. The molecular formula is C12H20N4O. The van der Waals surface area contributed by atoms with Crippen molar-refractivity contribution in [3.8, 4) is 0 Å². The number of aromatic nitrogens is 3. The Morgan fingerprint density at radius 3 is 2.41 bits per heavy atom. The first-order valence-corrected chi connectivity index (χ1v) is 6.61. The molecule has 0 N–H and O–H groups in total. The Kier molecular flexibility index (Phi) is 3.38. The Hall–Kier alpha value is -0.940. The van der Waals surface area contributed by atoms with Gasteiger partial charge in [0.1, 0.15) is 0 Å². The van der Waals surface area contributed by atoms with Gasteiger partial charge in [-0.05, 0) is 25.7 Å². The fourth-order valence-electron chi connectivity index (χ4n) is 2.98. The second kappa shape index (κ2) is 5.14. The van der Waals surface area contributed by atoms with Gasteiger partial charge in [0.05, 0.1) is 12.2 Å². The number of ether oxygens (including phenoxy) is 1. The van der Waals surface area contributed by atoms with Crippen molar-refractivity contribution < 1.29 is 4.74 Å². The quantitative estimate of drug-likeness (QED) is 0.771. The Balaban J connectivity index is 1.53. The Bertz CT molecular complexity index is 326. The van der Waals surface area contributed by atoms with Crippen LogP contribution in [-0.4, -0.2) is 52.2 Å². The van der Waals surface area contributed by atoms with E-state index in [0.29, 0.717) is 6.04 Å². The second-order valence-electron chi connectivity index (χ2n) is 4.99. The molecule has 5 heteroatoms. The highest BCUT2D eigenvalue weighted by Gasteiger charge is 2.27. The molecule has 0 saturated carbocycles. The zero-order valence-corrected chi connectivity index (χ0v) is 10.2. The van der Waals surface area contributed by atoms with E-state index in [1.807, 2.05) is 10.9 Å². The summed E-state index contributed by atoms with van der Waals surface area (Å²) >= 11 is 0. The lowest BCUT2D eigenvalue weighted by Crippen LogP contribution is -2.44. The number of piperidine rings is 1. The highest BCUT2D eigenvalue weighted by Crippen LogP contribution is 2.25. The molecule has 3 rings (SSSR count). The average Bonchev–Trinajstić information content (AvgIpc) is 2.94. The van der Waals surface area contributed by atoms with Crippen molar-refractivity contribution in [2.45, 2.75) is 37.8 Å². The van der Waals surface area contributed by atoms with Gasteiger partial charge in [-0.2, -0.15) is 0 Å². The Morgan fingerprint density at radius 1 is 1.00 bits per heavy atom. The van der Waals surface area contributed by atoms with Crippen LogP contribution in [0.2, 0.25) is 0 Å². The molecule has 5 nitrogen and oxygen atoms in total. The van der Waals surface area contributed by atoms with Gasteiger partial charge >= 0.3 is 0 Å². The van der Waals surface area contributed by atoms with E-state index in [-0.39, 0.29) is 0 Å². The van der Waals surface area contributed by atoms with Crippen LogP contribution >= 0.6 is 0 Å². The largest absolute Gasteiger partial charge is 0.381 e. The summed E-state index contributed by atoms with van der Waals surface area (Å²) in [5, 5.41) is 7.99. The van der Waals surface area contributed by atoms with E-state index < -0.39 is 0 Å². The predicted octanol–water partition coefficient (Wildman–Crippen LogP) is 1.09. The van der Waals surface area contributed by atoms with Gasteiger partial charge in [0.15, 0.2) is 0 Å². The molecule has 2 aliphatic rings. The van der Waals surface area contributed by atoms with Crippen LogP contribution < -0.4 is 0 Å². The van der Waals surface area contributed by atoms with Crippen molar-refractivity contribution >= 4 is 0 Å². The summed E-state index contributed by atoms with van der Waals surface area (Å²) in [4.78, 5) is 2.63. The topological polar surface area (TPSA) is 43.2 Å². The fourth-order valence-corrected chi connectivity index (χ4v) is 2.98. The van der Waals surface area contributed by atoms with Crippen LogP contribution in [0.4, 0.5) is 0 Å². The maximum absolute atomic E-state index is 5.42. The first kappa shape index (κ1) is 11.2. The van der Waals surface area contributed by atoms with Crippen LogP contribution in [0.5, 0.6) is 0 Å². The van der Waals surface area contributed by atoms with Gasteiger partial charge in [-0.3, -0.25) is 0 Å². The second-order valence-corrected chi connectivity index (χ2v) is 4.99. The fraction of sp³-hybridized carbons (Fsp3) is 0.833. The smallest absolute Gasteiger partial charge is 0.0693 e. The monoisotopic (exact) mass is 236 g/mol. The summed E-state index contributed by atoms with van der Waals surface area (Å²) < 4.78 is 7.44. The molecule has 0 amide bonds. The van der Waals surface area contributed by atoms with Crippen molar-refractivity contribution in [2.75, 3.05) is 26.3 Å². The van der Waals surface area contributed by atoms with Gasteiger partial charge in [0.2, 0.25) is 0 Å². The Labute approximate surface area is 102 Å². The molecule has 0 bridgehead atoms. The van der Waals surface area contributed by atoms with E-state index in [2.05, 4.69) is 15.2 Å². The van der Waals surface area contributed by atoms with Crippen LogP contribution in [0.25, 0.3) is 0 Å². The van der Waals surface area contributed by atoms with Crippen LogP contribution in [0.15, 0.2) is 12.4 Å². The van der Waals surface area contributed by atoms with Gasteiger partial charge in [0, 0.05) is 38.5 Å². The molecule has 0 aliphatic carbocycles. The third-order valence-electron chi connectivity index (χ3n) is 4.02. The number of likely N-dealkylation sites (tertiary alicyclic amines) is 1. The van der Waals surface area contributed by atoms with Gasteiger partial charge in [-0.1, -0.05) is 5.21 Å². The van der Waals surface area contributed by atoms with Gasteiger partial charge in [-0.15, -0.1) is 5.10 Å². The maximum atomic E-state index is 5.42. The predicted molar refractivity (Wildman–Crippen MR) is 63.7 cm³/mol. The zero-order chi connectivity index (χ0) is 11.5. The van der Waals surface area contributed by atoms with Crippen LogP contribution in [-0.2, 0) is 4.74 Å². The minimum atomic E-state index is 0.550. The molecule has 0 atom stereocenters. The highest BCUT2D eigenvalue weighted by molar-refractivity contribution is 4.83. The molecule has 1 aromatic heterocycles. The zero-order valence-electron chi connectivity index (χ0n) is 10.2. The average molecular weight is 236 g/mol. The molecule has 1 aromatic rings. The van der Waals surface area contributed by atoms with Gasteiger partial charge < -0.3 is 9.64 Å². The molecule has 3 heterocycles. The van der Waals surface area contributed by atoms with Crippen LogP contribution in [0, 0.1) is 0 Å². The minimum Gasteiger partial charge on any atom is -0.381 e.